The molecule has 0 aliphatic heterocycles. The van der Waals surface area contributed by atoms with Crippen LogP contribution in [-0.4, -0.2) is 29.8 Å². The van der Waals surface area contributed by atoms with Crippen molar-refractivity contribution in [2.45, 2.75) is 18.6 Å². The van der Waals surface area contributed by atoms with E-state index in [2.05, 4.69) is 33.2 Å². The molecule has 2 atom stereocenters. The molecular weight excluding hydrogens is 639 g/mol. The molecule has 2 aromatic rings. The number of carboxylic acid groups (broad SMARTS) is 1. The van der Waals surface area contributed by atoms with Crippen molar-refractivity contribution >= 4 is 62.5 Å². The number of methoxy groups -OCH3 is 1. The number of halogens is 5. The van der Waals surface area contributed by atoms with Crippen molar-refractivity contribution in [2.24, 2.45) is 0 Å². The first-order valence-corrected chi connectivity index (χ1v) is 11.0. The molecule has 0 fully saturated rings. The molecule has 0 saturated heterocycles. The third kappa shape index (κ3) is 4.70. The summed E-state index contributed by atoms with van der Waals surface area (Å²) >= 11 is 4.12. The summed E-state index contributed by atoms with van der Waals surface area (Å²) in [6, 6.07) is 11.2. The largest absolute Gasteiger partial charge is 0.478 e. The number of benzene rings is 2. The molecule has 0 bridgehead atoms. The van der Waals surface area contributed by atoms with Gasteiger partial charge in [0.05, 0.1) is 0 Å². The van der Waals surface area contributed by atoms with E-state index in [1.165, 1.54) is 12.1 Å². The van der Waals surface area contributed by atoms with Crippen LogP contribution in [-0.2, 0) is 9.53 Å². The van der Waals surface area contributed by atoms with Crippen molar-refractivity contribution < 1.29 is 27.8 Å². The van der Waals surface area contributed by atoms with Crippen LogP contribution in [0.5, 0.6) is 0 Å². The summed E-state index contributed by atoms with van der Waals surface area (Å²) in [5.74, 6) is -9.89. The van der Waals surface area contributed by atoms with Gasteiger partial charge in [-0.3, -0.25) is 0 Å². The molecule has 0 spiro atoms. The summed E-state index contributed by atoms with van der Waals surface area (Å²) in [5, 5.41) is 14.3. The Bertz CT molecular complexity index is 1090. The smallest absolute Gasteiger partial charge is 0.337 e. The van der Waals surface area contributed by atoms with Gasteiger partial charge in [-0.1, -0.05) is 0 Å². The molecule has 1 aliphatic carbocycles. The molecule has 31 heavy (non-hydrogen) atoms. The molecule has 1 aliphatic rings. The first-order chi connectivity index (χ1) is 14.5. The number of alkyl halides is 2. The highest BCUT2D eigenvalue weighted by molar-refractivity contribution is 14.1. The quantitative estimate of drug-likeness (QED) is 0.267. The van der Waals surface area contributed by atoms with Crippen molar-refractivity contribution in [1.82, 2.24) is 0 Å². The van der Waals surface area contributed by atoms with Crippen molar-refractivity contribution in [3.05, 3.63) is 78.3 Å². The Morgan fingerprint density at radius 3 is 2.26 bits per heavy atom. The number of hydrogen-bond acceptors (Lipinski definition) is 4. The van der Waals surface area contributed by atoms with Crippen LogP contribution in [0.2, 0.25) is 0 Å². The van der Waals surface area contributed by atoms with Crippen LogP contribution in [0, 0.1) is 14.1 Å². The van der Waals surface area contributed by atoms with E-state index in [9.17, 15) is 9.90 Å². The van der Waals surface area contributed by atoms with Gasteiger partial charge in [0, 0.05) is 31.7 Å². The SMILES string of the molecule is COC1(F)C=C(C(=O)O)C(F)(Nc2ccc(I)cc2)C(F)=C1Nc1ccc(I)cc1C. The highest BCUT2D eigenvalue weighted by Gasteiger charge is 2.55. The minimum Gasteiger partial charge on any atom is -0.478 e. The number of rotatable bonds is 6. The zero-order valence-corrected chi connectivity index (χ0v) is 20.6. The highest BCUT2D eigenvalue weighted by Crippen LogP contribution is 2.45. The van der Waals surface area contributed by atoms with E-state index >= 15 is 13.2 Å². The predicted octanol–water partition coefficient (Wildman–Crippen LogP) is 5.91. The maximum absolute atomic E-state index is 16.0. The van der Waals surface area contributed by atoms with Crippen LogP contribution in [0.15, 0.2) is 65.6 Å². The molecule has 5 nitrogen and oxygen atoms in total. The Labute approximate surface area is 204 Å². The monoisotopic (exact) mass is 656 g/mol. The number of ether oxygens (including phenoxy) is 1. The Morgan fingerprint density at radius 2 is 1.71 bits per heavy atom. The summed E-state index contributed by atoms with van der Waals surface area (Å²) < 4.78 is 53.7. The minimum absolute atomic E-state index is 0.110. The van der Waals surface area contributed by atoms with E-state index in [1.54, 1.807) is 37.3 Å². The molecule has 164 valence electrons. The van der Waals surface area contributed by atoms with E-state index in [1.807, 2.05) is 22.6 Å². The molecule has 0 heterocycles. The van der Waals surface area contributed by atoms with E-state index in [0.717, 1.165) is 14.3 Å². The van der Waals surface area contributed by atoms with Gasteiger partial charge in [-0.15, -0.1) is 0 Å². The molecule has 0 amide bonds. The molecular formula is C21H17F3I2N2O3. The maximum Gasteiger partial charge on any atom is 0.337 e. The molecule has 0 saturated carbocycles. The summed E-state index contributed by atoms with van der Waals surface area (Å²) in [6.07, 6.45) is 0.419. The second-order valence-corrected chi connectivity index (χ2v) is 9.27. The molecule has 2 aromatic carbocycles. The van der Waals surface area contributed by atoms with E-state index in [4.69, 9.17) is 4.74 Å². The topological polar surface area (TPSA) is 70.6 Å². The van der Waals surface area contributed by atoms with Crippen molar-refractivity contribution in [3.8, 4) is 0 Å². The average Bonchev–Trinajstić information content (AvgIpc) is 2.71. The highest BCUT2D eigenvalue weighted by atomic mass is 127. The lowest BCUT2D eigenvalue weighted by molar-refractivity contribution is -0.134. The third-order valence-corrected chi connectivity index (χ3v) is 6.09. The molecule has 2 unspecified atom stereocenters. The van der Waals surface area contributed by atoms with Gasteiger partial charge >= 0.3 is 5.97 Å². The first kappa shape index (κ1) is 23.9. The standard InChI is InChI=1S/C21H17F3I2N2O3/c1-11-9-13(26)5-8-16(11)27-18-17(22)21(24,28-14-6-3-12(25)4-7-14)15(19(29)30)10-20(18,23)31-2/h3-10,27-28H,1-2H3,(H,29,30). The van der Waals surface area contributed by atoms with Gasteiger partial charge < -0.3 is 20.5 Å². The van der Waals surface area contributed by atoms with Gasteiger partial charge in [-0.2, -0.15) is 0 Å². The van der Waals surface area contributed by atoms with Crippen LogP contribution >= 0.6 is 45.2 Å². The second kappa shape index (κ2) is 8.98. The van der Waals surface area contributed by atoms with Crippen LogP contribution in [0.25, 0.3) is 0 Å². The maximum atomic E-state index is 16.0. The summed E-state index contributed by atoms with van der Waals surface area (Å²) in [5.41, 5.74) is -0.983. The van der Waals surface area contributed by atoms with Crippen LogP contribution in [0.3, 0.4) is 0 Å². The number of anilines is 2. The number of carbonyl (C=O) groups is 1. The predicted molar refractivity (Wildman–Crippen MR) is 129 cm³/mol. The van der Waals surface area contributed by atoms with Gasteiger partial charge in [-0.25, -0.2) is 18.0 Å². The fourth-order valence-corrected chi connectivity index (χ4v) is 4.07. The number of aryl methyl sites for hydroxylation is 1. The van der Waals surface area contributed by atoms with Gasteiger partial charge in [-0.05, 0) is 100 Å². The average molecular weight is 656 g/mol. The van der Waals surface area contributed by atoms with Gasteiger partial charge in [0.25, 0.3) is 11.6 Å². The molecule has 10 heteroatoms. The van der Waals surface area contributed by atoms with Gasteiger partial charge in [0.1, 0.15) is 11.3 Å². The van der Waals surface area contributed by atoms with Crippen LogP contribution in [0.1, 0.15) is 5.56 Å². The van der Waals surface area contributed by atoms with Crippen LogP contribution in [0.4, 0.5) is 24.5 Å². The molecule has 0 radical (unpaired) electrons. The fourth-order valence-electron chi connectivity index (χ4n) is 3.06. The van der Waals surface area contributed by atoms with Crippen molar-refractivity contribution in [2.75, 3.05) is 17.7 Å². The summed E-state index contributed by atoms with van der Waals surface area (Å²) in [4.78, 5) is 11.7. The fraction of sp³-hybridized carbons (Fsp3) is 0.190. The van der Waals surface area contributed by atoms with E-state index in [0.29, 0.717) is 17.3 Å². The molecule has 0 aromatic heterocycles. The number of hydrogen-bond donors (Lipinski definition) is 3. The molecule has 3 rings (SSSR count). The van der Waals surface area contributed by atoms with Crippen LogP contribution < -0.4 is 10.6 Å². The Balaban J connectivity index is 2.15. The number of aliphatic carboxylic acids is 1. The summed E-state index contributed by atoms with van der Waals surface area (Å²) in [6.45, 7) is 1.71. The Kier molecular flexibility index (Phi) is 6.91. The Hall–Kier alpha value is -1.80. The normalized spacial score (nSPS) is 23.4. The molecule has 3 N–H and O–H groups in total. The third-order valence-electron chi connectivity index (χ3n) is 4.70. The zero-order chi connectivity index (χ0) is 23.0. The lowest BCUT2D eigenvalue weighted by atomic mass is 9.90. The number of carboxylic acids is 1. The zero-order valence-electron chi connectivity index (χ0n) is 16.3. The van der Waals surface area contributed by atoms with E-state index in [-0.39, 0.29) is 5.69 Å². The lowest BCUT2D eigenvalue weighted by Gasteiger charge is -2.37. The van der Waals surface area contributed by atoms with Gasteiger partial charge in [0.2, 0.25) is 0 Å². The van der Waals surface area contributed by atoms with Crippen molar-refractivity contribution in [3.63, 3.8) is 0 Å². The number of nitrogens with one attached hydrogen (secondary N) is 2. The first-order valence-electron chi connectivity index (χ1n) is 8.87. The van der Waals surface area contributed by atoms with E-state index < -0.39 is 34.7 Å². The van der Waals surface area contributed by atoms with Gasteiger partial charge in [0.15, 0.2) is 5.83 Å². The Morgan fingerprint density at radius 1 is 1.10 bits per heavy atom. The minimum atomic E-state index is -3.34. The summed E-state index contributed by atoms with van der Waals surface area (Å²) in [7, 11) is 0.934. The van der Waals surface area contributed by atoms with Crippen molar-refractivity contribution in [1.29, 1.82) is 0 Å². The lowest BCUT2D eigenvalue weighted by Crippen LogP contribution is -2.48. The second-order valence-electron chi connectivity index (χ2n) is 6.78.